The zero-order chi connectivity index (χ0) is 29.4. The Kier molecular flexibility index (Phi) is 7.57. The van der Waals surface area contributed by atoms with E-state index >= 15 is 0 Å². The van der Waals surface area contributed by atoms with Crippen molar-refractivity contribution >= 4 is 29.0 Å². The van der Waals surface area contributed by atoms with Crippen LogP contribution < -0.4 is 9.64 Å². The van der Waals surface area contributed by atoms with E-state index in [0.717, 1.165) is 17.7 Å². The number of halogens is 3. The lowest BCUT2D eigenvalue weighted by atomic mass is 9.93. The molecule has 41 heavy (non-hydrogen) atoms. The van der Waals surface area contributed by atoms with Crippen molar-refractivity contribution in [2.24, 2.45) is 5.92 Å². The van der Waals surface area contributed by atoms with Gasteiger partial charge in [-0.1, -0.05) is 12.1 Å². The average molecular weight is 568 g/mol. The summed E-state index contributed by atoms with van der Waals surface area (Å²) < 4.78 is 49.1. The molecular weight excluding hydrogens is 539 g/mol. The van der Waals surface area contributed by atoms with Crippen LogP contribution in [0.1, 0.15) is 35.3 Å². The van der Waals surface area contributed by atoms with Crippen molar-refractivity contribution in [3.63, 3.8) is 0 Å². The molecular formula is C29H28F3N5O4. The number of aliphatic carboxylic acids is 1. The second-order valence-corrected chi connectivity index (χ2v) is 10.1. The molecule has 9 nitrogen and oxygen atoms in total. The van der Waals surface area contributed by atoms with Gasteiger partial charge < -0.3 is 19.6 Å². The first-order valence-corrected chi connectivity index (χ1v) is 13.0. The van der Waals surface area contributed by atoms with Gasteiger partial charge in [0.1, 0.15) is 11.6 Å². The number of carbonyl (C=O) groups excluding carboxylic acids is 1. The third-order valence-electron chi connectivity index (χ3n) is 7.37. The number of carbonyl (C=O) groups is 2. The topological polar surface area (TPSA) is 100 Å². The Morgan fingerprint density at radius 2 is 1.78 bits per heavy atom. The van der Waals surface area contributed by atoms with Gasteiger partial charge in [-0.2, -0.15) is 9.61 Å². The number of hydrogen-bond donors (Lipinski definition) is 1. The molecule has 1 amide bonds. The van der Waals surface area contributed by atoms with Crippen LogP contribution in [0.5, 0.6) is 5.75 Å². The number of hydrogen-bond acceptors (Lipinski definition) is 6. The van der Waals surface area contributed by atoms with E-state index in [0.29, 0.717) is 43.2 Å². The molecule has 12 heteroatoms. The molecule has 0 bridgehead atoms. The zero-order valence-corrected chi connectivity index (χ0v) is 22.7. The minimum absolute atomic E-state index is 0.00249. The van der Waals surface area contributed by atoms with Gasteiger partial charge >= 0.3 is 5.97 Å². The van der Waals surface area contributed by atoms with Gasteiger partial charge in [-0.05, 0) is 49.4 Å². The number of nitrogens with zero attached hydrogens (tertiary/aromatic N) is 5. The van der Waals surface area contributed by atoms with Crippen LogP contribution in [0.2, 0.25) is 0 Å². The number of piperidine rings is 1. The van der Waals surface area contributed by atoms with Crippen molar-refractivity contribution in [3.8, 4) is 17.0 Å². The number of amides is 1. The number of carboxylic acid groups (broad SMARTS) is 1. The number of methoxy groups -OCH3 is 1. The number of ether oxygens (including phenoxy) is 1. The Balaban J connectivity index is 1.60. The summed E-state index contributed by atoms with van der Waals surface area (Å²) in [6, 6.07) is 10.3. The fraction of sp³-hybridized carbons (Fsp3) is 0.310. The SMILES string of the molecule is COc1cccc(C)c1N(C)c1cc(-c2cc(F)c(F)c(F)c2)nc2cc(C(=O)N3CCC(CC(=O)O)CC3)nn12. The first-order valence-electron chi connectivity index (χ1n) is 13.0. The van der Waals surface area contributed by atoms with Gasteiger partial charge in [0, 0.05) is 44.3 Å². The summed E-state index contributed by atoms with van der Waals surface area (Å²) in [5, 5.41) is 13.6. The average Bonchev–Trinajstić information content (AvgIpc) is 3.38. The number of carboxylic acids is 1. The summed E-state index contributed by atoms with van der Waals surface area (Å²) in [4.78, 5) is 32.4. The number of aryl methyl sites for hydroxylation is 1. The maximum absolute atomic E-state index is 14.2. The molecule has 0 aliphatic carbocycles. The molecule has 1 N–H and O–H groups in total. The van der Waals surface area contributed by atoms with E-state index in [1.54, 1.807) is 29.0 Å². The predicted octanol–water partition coefficient (Wildman–Crippen LogP) is 5.23. The van der Waals surface area contributed by atoms with Crippen molar-refractivity contribution in [1.82, 2.24) is 19.5 Å². The van der Waals surface area contributed by atoms with Crippen LogP contribution in [-0.2, 0) is 4.79 Å². The fourth-order valence-corrected chi connectivity index (χ4v) is 5.24. The summed E-state index contributed by atoms with van der Waals surface area (Å²) in [5.74, 6) is -4.52. The summed E-state index contributed by atoms with van der Waals surface area (Å²) in [7, 11) is 3.29. The van der Waals surface area contributed by atoms with Crippen molar-refractivity contribution in [1.29, 1.82) is 0 Å². The number of benzene rings is 2. The second kappa shape index (κ2) is 11.1. The van der Waals surface area contributed by atoms with E-state index in [-0.39, 0.29) is 40.8 Å². The molecule has 2 aromatic carbocycles. The highest BCUT2D eigenvalue weighted by Gasteiger charge is 2.28. The van der Waals surface area contributed by atoms with E-state index in [2.05, 4.69) is 10.1 Å². The molecule has 1 fully saturated rings. The molecule has 1 saturated heterocycles. The third kappa shape index (κ3) is 5.41. The van der Waals surface area contributed by atoms with Crippen molar-refractivity contribution in [3.05, 3.63) is 71.2 Å². The molecule has 0 unspecified atom stereocenters. The first kappa shape index (κ1) is 27.9. The Hall–Kier alpha value is -4.61. The smallest absolute Gasteiger partial charge is 0.303 e. The number of para-hydroxylation sites is 1. The number of aromatic nitrogens is 3. The van der Waals surface area contributed by atoms with E-state index in [1.807, 2.05) is 19.1 Å². The van der Waals surface area contributed by atoms with Gasteiger partial charge in [0.2, 0.25) is 0 Å². The maximum Gasteiger partial charge on any atom is 0.303 e. The van der Waals surface area contributed by atoms with Crippen LogP contribution in [-0.4, -0.2) is 63.7 Å². The van der Waals surface area contributed by atoms with Crippen LogP contribution >= 0.6 is 0 Å². The highest BCUT2D eigenvalue weighted by atomic mass is 19.2. The fourth-order valence-electron chi connectivity index (χ4n) is 5.24. The third-order valence-corrected chi connectivity index (χ3v) is 7.37. The number of likely N-dealkylation sites (tertiary alicyclic amines) is 1. The summed E-state index contributed by atoms with van der Waals surface area (Å²) in [5.41, 5.74) is 2.03. The molecule has 5 rings (SSSR count). The van der Waals surface area contributed by atoms with Crippen LogP contribution in [0.15, 0.2) is 42.5 Å². The molecule has 1 aliphatic heterocycles. The minimum atomic E-state index is -1.58. The van der Waals surface area contributed by atoms with Crippen LogP contribution in [0.3, 0.4) is 0 Å². The van der Waals surface area contributed by atoms with Crippen molar-refractivity contribution in [2.75, 3.05) is 32.1 Å². The molecule has 2 aromatic heterocycles. The number of fused-ring (bicyclic) bond motifs is 1. The molecule has 0 saturated carbocycles. The zero-order valence-electron chi connectivity index (χ0n) is 22.7. The minimum Gasteiger partial charge on any atom is -0.495 e. The van der Waals surface area contributed by atoms with Crippen molar-refractivity contribution in [2.45, 2.75) is 26.2 Å². The molecule has 3 heterocycles. The maximum atomic E-state index is 14.2. The largest absolute Gasteiger partial charge is 0.495 e. The van der Waals surface area contributed by atoms with Crippen LogP contribution in [0.25, 0.3) is 16.9 Å². The molecule has 0 atom stereocenters. The molecule has 0 radical (unpaired) electrons. The molecule has 4 aromatic rings. The van der Waals surface area contributed by atoms with Gasteiger partial charge in [0.25, 0.3) is 5.91 Å². The highest BCUT2D eigenvalue weighted by Crippen LogP contribution is 2.37. The summed E-state index contributed by atoms with van der Waals surface area (Å²) >= 11 is 0. The quantitative estimate of drug-likeness (QED) is 0.306. The van der Waals surface area contributed by atoms with Gasteiger partial charge in [-0.25, -0.2) is 18.2 Å². The van der Waals surface area contributed by atoms with E-state index in [9.17, 15) is 22.8 Å². The van der Waals surface area contributed by atoms with Crippen LogP contribution in [0, 0.1) is 30.3 Å². The Labute approximate surface area is 233 Å². The number of rotatable bonds is 7. The van der Waals surface area contributed by atoms with Gasteiger partial charge in [-0.3, -0.25) is 9.59 Å². The van der Waals surface area contributed by atoms with Crippen molar-refractivity contribution < 1.29 is 32.6 Å². The summed E-state index contributed by atoms with van der Waals surface area (Å²) in [6.45, 7) is 2.68. The predicted molar refractivity (Wildman–Crippen MR) is 145 cm³/mol. The highest BCUT2D eigenvalue weighted by molar-refractivity contribution is 5.93. The lowest BCUT2D eigenvalue weighted by Crippen LogP contribution is -2.39. The van der Waals surface area contributed by atoms with E-state index < -0.39 is 23.4 Å². The van der Waals surface area contributed by atoms with Gasteiger partial charge in [0.05, 0.1) is 18.5 Å². The Morgan fingerprint density at radius 3 is 2.41 bits per heavy atom. The van der Waals surface area contributed by atoms with E-state index in [1.165, 1.54) is 17.7 Å². The lowest BCUT2D eigenvalue weighted by Gasteiger charge is -2.30. The molecule has 1 aliphatic rings. The summed E-state index contributed by atoms with van der Waals surface area (Å²) in [6.07, 6.45) is 1.19. The normalized spacial score (nSPS) is 14.0. The van der Waals surface area contributed by atoms with Crippen LogP contribution in [0.4, 0.5) is 24.7 Å². The molecule has 0 spiro atoms. The van der Waals surface area contributed by atoms with Gasteiger partial charge in [-0.15, -0.1) is 0 Å². The lowest BCUT2D eigenvalue weighted by molar-refractivity contribution is -0.138. The number of anilines is 2. The Bertz CT molecular complexity index is 1630. The monoisotopic (exact) mass is 567 g/mol. The Morgan fingerprint density at radius 1 is 1.10 bits per heavy atom. The standard InChI is InChI=1S/C29H28F3N5O4/c1-16-5-4-6-23(41-3)28(16)35(2)25-15-21(18-12-19(30)27(32)20(31)13-18)33-24-14-22(34-37(24)25)29(40)36-9-7-17(8-10-36)11-26(38)39/h4-6,12-15,17H,7-11H2,1-3H3,(H,38,39). The first-order chi connectivity index (χ1) is 19.6. The van der Waals surface area contributed by atoms with E-state index in [4.69, 9.17) is 9.84 Å². The second-order valence-electron chi connectivity index (χ2n) is 10.1. The van der Waals surface area contributed by atoms with Gasteiger partial charge in [0.15, 0.2) is 28.8 Å². The molecule has 214 valence electrons.